The fourth-order valence-corrected chi connectivity index (χ4v) is 8.54. The Bertz CT molecular complexity index is 1030. The zero-order valence-electron chi connectivity index (χ0n) is 20.4. The van der Waals surface area contributed by atoms with Gasteiger partial charge in [0.25, 0.3) is 0 Å². The number of allylic oxidation sites excluding steroid dienone is 4. The van der Waals surface area contributed by atoms with Gasteiger partial charge in [-0.1, -0.05) is 38.8 Å². The number of aliphatic hydroxyl groups is 1. The van der Waals surface area contributed by atoms with E-state index in [0.717, 1.165) is 24.8 Å². The average Bonchev–Trinajstić information content (AvgIpc) is 3.24. The van der Waals surface area contributed by atoms with Crippen molar-refractivity contribution in [3.8, 4) is 0 Å². The molecule has 4 fully saturated rings. The second-order valence-electron chi connectivity index (χ2n) is 11.3. The van der Waals surface area contributed by atoms with Crippen LogP contribution in [0.25, 0.3) is 0 Å². The number of carbonyl (C=O) groups is 2. The van der Waals surface area contributed by atoms with E-state index < -0.39 is 55.1 Å². The molecule has 0 radical (unpaired) electrons. The van der Waals surface area contributed by atoms with E-state index in [2.05, 4.69) is 11.4 Å². The minimum Gasteiger partial charge on any atom is -0.393 e. The molecular formula is C25H35O9P. The van der Waals surface area contributed by atoms with Gasteiger partial charge >= 0.3 is 7.82 Å². The predicted molar refractivity (Wildman–Crippen MR) is 124 cm³/mol. The first-order chi connectivity index (χ1) is 16.4. The number of hydrogen-bond acceptors (Lipinski definition) is 7. The Hall–Kier alpha value is -1.19. The normalized spacial score (nSPS) is 46.5. The lowest BCUT2D eigenvalue weighted by Crippen LogP contribution is -2.63. The zero-order chi connectivity index (χ0) is 25.4. The number of fused-ring (bicyclic) bond motifs is 7. The average molecular weight is 511 g/mol. The number of Topliss-reactive ketones (excluding diaryl/α,β-unsaturated/α-hetero) is 1. The number of carbonyl (C=O) groups excluding carboxylic acids is 2. The van der Waals surface area contributed by atoms with Crippen LogP contribution in [0, 0.1) is 28.6 Å². The second-order valence-corrected chi connectivity index (χ2v) is 12.6. The fourth-order valence-electron chi connectivity index (χ4n) is 8.26. The largest absolute Gasteiger partial charge is 0.470 e. The van der Waals surface area contributed by atoms with Crippen molar-refractivity contribution in [2.75, 3.05) is 6.61 Å². The number of phosphoric ester groups is 1. The van der Waals surface area contributed by atoms with Gasteiger partial charge in [-0.3, -0.25) is 14.1 Å². The molecule has 1 saturated heterocycles. The van der Waals surface area contributed by atoms with Crippen molar-refractivity contribution in [3.63, 3.8) is 0 Å². The lowest BCUT2D eigenvalue weighted by Gasteiger charge is -2.59. The molecule has 9 nitrogen and oxygen atoms in total. The minimum atomic E-state index is -4.86. The molecule has 0 spiro atoms. The molecule has 0 aromatic rings. The van der Waals surface area contributed by atoms with E-state index in [9.17, 15) is 29.0 Å². The van der Waals surface area contributed by atoms with Gasteiger partial charge in [-0.2, -0.15) is 0 Å². The van der Waals surface area contributed by atoms with Gasteiger partial charge in [0.2, 0.25) is 0 Å². The van der Waals surface area contributed by atoms with Crippen LogP contribution < -0.4 is 0 Å². The smallest absolute Gasteiger partial charge is 0.393 e. The number of aliphatic hydroxyl groups excluding tert-OH is 1. The first kappa shape index (κ1) is 25.5. The lowest BCUT2D eigenvalue weighted by atomic mass is 9.46. The monoisotopic (exact) mass is 510 g/mol. The predicted octanol–water partition coefficient (Wildman–Crippen LogP) is 2.83. The van der Waals surface area contributed by atoms with Crippen LogP contribution in [0.5, 0.6) is 0 Å². The van der Waals surface area contributed by atoms with Gasteiger partial charge < -0.3 is 24.4 Å². The van der Waals surface area contributed by atoms with Crippen LogP contribution in [-0.4, -0.2) is 57.2 Å². The molecule has 0 aromatic heterocycles. The summed E-state index contributed by atoms with van der Waals surface area (Å²) in [7, 11) is -4.86. The molecule has 0 amide bonds. The van der Waals surface area contributed by atoms with Gasteiger partial charge in [-0.15, -0.1) is 0 Å². The SMILES string of the molecule is CCCC1O[C@H]2CC3C4CCC5=CC(=O)C=C[C@]5(C)C4[C@@H](O)C[C@]3(C)[C@]2(C(=O)COP(=O)(O)O)O1. The summed E-state index contributed by atoms with van der Waals surface area (Å²) in [6.45, 7) is 5.24. The molecule has 10 heteroatoms. The Labute approximate surface area is 205 Å². The molecule has 5 rings (SSSR count). The molecule has 3 saturated carbocycles. The number of ether oxygens (including phenoxy) is 2. The summed E-state index contributed by atoms with van der Waals surface area (Å²) in [5, 5.41) is 11.6. The molecule has 4 unspecified atom stereocenters. The van der Waals surface area contributed by atoms with Crippen LogP contribution in [0.1, 0.15) is 59.3 Å². The highest BCUT2D eigenvalue weighted by Crippen LogP contribution is 2.69. The van der Waals surface area contributed by atoms with Crippen molar-refractivity contribution < 1.29 is 43.0 Å². The summed E-state index contributed by atoms with van der Waals surface area (Å²) in [5.41, 5.74) is -1.65. The van der Waals surface area contributed by atoms with E-state index in [4.69, 9.17) is 9.47 Å². The van der Waals surface area contributed by atoms with Crippen LogP contribution in [-0.2, 0) is 28.2 Å². The first-order valence-corrected chi connectivity index (χ1v) is 14.1. The van der Waals surface area contributed by atoms with Crippen LogP contribution in [0.2, 0.25) is 0 Å². The number of hydrogen-bond donors (Lipinski definition) is 3. The van der Waals surface area contributed by atoms with Crippen molar-refractivity contribution in [1.82, 2.24) is 0 Å². The van der Waals surface area contributed by atoms with Crippen LogP contribution in [0.3, 0.4) is 0 Å². The molecule has 4 aliphatic carbocycles. The molecule has 35 heavy (non-hydrogen) atoms. The van der Waals surface area contributed by atoms with E-state index in [-0.39, 0.29) is 30.0 Å². The third-order valence-electron chi connectivity index (χ3n) is 9.59. The van der Waals surface area contributed by atoms with Crippen LogP contribution >= 0.6 is 7.82 Å². The van der Waals surface area contributed by atoms with Crippen molar-refractivity contribution >= 4 is 19.4 Å². The van der Waals surface area contributed by atoms with E-state index >= 15 is 0 Å². The summed E-state index contributed by atoms with van der Waals surface area (Å²) < 4.78 is 28.7. The molecule has 1 heterocycles. The summed E-state index contributed by atoms with van der Waals surface area (Å²) in [4.78, 5) is 44.2. The van der Waals surface area contributed by atoms with E-state index in [0.29, 0.717) is 12.8 Å². The van der Waals surface area contributed by atoms with Gasteiger partial charge in [0, 0.05) is 16.7 Å². The van der Waals surface area contributed by atoms with E-state index in [1.807, 2.05) is 19.9 Å². The highest BCUT2D eigenvalue weighted by molar-refractivity contribution is 7.46. The number of ketones is 2. The Morgan fingerprint density at radius 3 is 2.74 bits per heavy atom. The van der Waals surface area contributed by atoms with Gasteiger partial charge in [-0.05, 0) is 56.1 Å². The molecule has 194 valence electrons. The molecule has 0 aromatic carbocycles. The maximum Gasteiger partial charge on any atom is 0.470 e. The maximum absolute atomic E-state index is 13.7. The van der Waals surface area contributed by atoms with Gasteiger partial charge in [-0.25, -0.2) is 4.57 Å². The molecule has 1 aliphatic heterocycles. The summed E-state index contributed by atoms with van der Waals surface area (Å²) in [6.07, 6.45) is 7.01. The van der Waals surface area contributed by atoms with Crippen molar-refractivity contribution in [3.05, 3.63) is 23.8 Å². The Balaban J connectivity index is 1.53. The summed E-state index contributed by atoms with van der Waals surface area (Å²) in [5.74, 6) is -0.634. The molecule has 0 bridgehead atoms. The van der Waals surface area contributed by atoms with Crippen molar-refractivity contribution in [1.29, 1.82) is 0 Å². The fraction of sp³-hybridized carbons (Fsp3) is 0.760. The second kappa shape index (κ2) is 8.42. The van der Waals surface area contributed by atoms with E-state index in [1.165, 1.54) is 0 Å². The van der Waals surface area contributed by atoms with E-state index in [1.54, 1.807) is 12.2 Å². The molecular weight excluding hydrogens is 475 g/mol. The Morgan fingerprint density at radius 1 is 1.31 bits per heavy atom. The zero-order valence-corrected chi connectivity index (χ0v) is 21.3. The highest BCUT2D eigenvalue weighted by atomic mass is 31.2. The standard InChI is InChI=1S/C25H35O9P/c1-4-5-21-33-20-11-17-16-7-6-14-10-15(26)8-9-23(14,2)22(16)18(27)12-24(17,3)25(20,34-21)19(28)13-32-35(29,30)31/h8-10,16-18,20-22,27H,4-7,11-13H2,1-3H3,(H2,29,30,31)/t16?,17?,18-,20-,21?,22?,23-,24-,25+/m0/s1. The van der Waals surface area contributed by atoms with Crippen LogP contribution in [0.4, 0.5) is 0 Å². The number of phosphoric acid groups is 1. The van der Waals surface area contributed by atoms with Gasteiger partial charge in [0.1, 0.15) is 6.61 Å². The van der Waals surface area contributed by atoms with Crippen LogP contribution in [0.15, 0.2) is 23.8 Å². The molecule has 3 N–H and O–H groups in total. The summed E-state index contributed by atoms with van der Waals surface area (Å²) >= 11 is 0. The topological polar surface area (TPSA) is 140 Å². The van der Waals surface area contributed by atoms with Crippen molar-refractivity contribution in [2.24, 2.45) is 28.6 Å². The van der Waals surface area contributed by atoms with Gasteiger partial charge in [0.05, 0.1) is 12.2 Å². The third-order valence-corrected chi connectivity index (χ3v) is 10.1. The Kier molecular flexibility index (Phi) is 6.12. The molecule has 9 atom stereocenters. The minimum absolute atomic E-state index is 0.00751. The lowest BCUT2D eigenvalue weighted by molar-refractivity contribution is -0.200. The van der Waals surface area contributed by atoms with Gasteiger partial charge in [0.15, 0.2) is 23.5 Å². The Morgan fingerprint density at radius 2 is 2.06 bits per heavy atom. The third kappa shape index (κ3) is 3.69. The highest BCUT2D eigenvalue weighted by Gasteiger charge is 2.75. The maximum atomic E-state index is 13.7. The van der Waals surface area contributed by atoms with Crippen molar-refractivity contribution in [2.45, 2.75) is 83.4 Å². The molecule has 5 aliphatic rings. The quantitative estimate of drug-likeness (QED) is 0.460. The number of rotatable bonds is 6. The first-order valence-electron chi connectivity index (χ1n) is 12.5. The summed E-state index contributed by atoms with van der Waals surface area (Å²) in [6, 6.07) is 0.